The Morgan fingerprint density at radius 2 is 2.00 bits per heavy atom. The molecule has 0 spiro atoms. The van der Waals surface area contributed by atoms with Gasteiger partial charge in [0.2, 0.25) is 0 Å². The molecule has 4 nitrogen and oxygen atoms in total. The van der Waals surface area contributed by atoms with E-state index >= 15 is 0 Å². The second kappa shape index (κ2) is 8.05. The van der Waals surface area contributed by atoms with Crippen LogP contribution in [0.2, 0.25) is 0 Å². The Kier molecular flexibility index (Phi) is 5.97. The number of aromatic nitrogens is 1. The average molecular weight is 460 g/mol. The Balaban J connectivity index is 1.70. The van der Waals surface area contributed by atoms with Crippen molar-refractivity contribution < 1.29 is 22.8 Å². The molecule has 1 aromatic heterocycles. The van der Waals surface area contributed by atoms with Gasteiger partial charge >= 0.3 is 13.8 Å². The van der Waals surface area contributed by atoms with Crippen LogP contribution in [0.5, 0.6) is 5.75 Å². The summed E-state index contributed by atoms with van der Waals surface area (Å²) in [4.78, 5) is 14.5. The molecule has 136 valence electrons. The Morgan fingerprint density at radius 3 is 2.73 bits per heavy atom. The number of nitrogens with zero attached hydrogens (tertiary/aromatic N) is 1. The number of hydrogen-bond donors (Lipinski definition) is 1. The van der Waals surface area contributed by atoms with Crippen LogP contribution in [0.1, 0.15) is 5.56 Å². The molecule has 3 aromatic rings. The molecule has 0 radical (unpaired) electrons. The monoisotopic (exact) mass is 459 g/mol. The molecule has 1 N–H and O–H groups in total. The molecule has 0 amide bonds. The summed E-state index contributed by atoms with van der Waals surface area (Å²) in [5.74, 6) is 0.516. The number of benzene rings is 2. The van der Waals surface area contributed by atoms with E-state index in [0.717, 1.165) is 21.4 Å². The van der Waals surface area contributed by atoms with Gasteiger partial charge in [0.1, 0.15) is 5.75 Å². The lowest BCUT2D eigenvalue weighted by Gasteiger charge is -2.14. The Hall–Kier alpha value is -1.47. The molecule has 0 fully saturated rings. The van der Waals surface area contributed by atoms with Crippen LogP contribution in [0.3, 0.4) is 0 Å². The van der Waals surface area contributed by atoms with Crippen LogP contribution in [0.15, 0.2) is 64.1 Å². The summed E-state index contributed by atoms with van der Waals surface area (Å²) in [5, 5.41) is 1.05. The molecule has 1 atom stereocenters. The quantitative estimate of drug-likeness (QED) is 0.357. The maximum atomic E-state index is 12.5. The van der Waals surface area contributed by atoms with Crippen LogP contribution in [0, 0.1) is 0 Å². The highest BCUT2D eigenvalue weighted by Gasteiger charge is 2.34. The van der Waals surface area contributed by atoms with Crippen LogP contribution in [-0.2, 0) is 10.3 Å². The van der Waals surface area contributed by atoms with E-state index in [9.17, 15) is 13.3 Å². The zero-order valence-electron chi connectivity index (χ0n) is 13.2. The number of thioether (sulfide) groups is 1. The van der Waals surface area contributed by atoms with E-state index in [-0.39, 0.29) is 5.75 Å². The van der Waals surface area contributed by atoms with Crippen molar-refractivity contribution in [2.45, 2.75) is 16.8 Å². The molecule has 1 heterocycles. The fourth-order valence-electron chi connectivity index (χ4n) is 2.19. The highest BCUT2D eigenvalue weighted by molar-refractivity contribution is 9.10. The summed E-state index contributed by atoms with van der Waals surface area (Å²) in [6.07, 6.45) is -1.66. The van der Waals surface area contributed by atoms with Gasteiger partial charge in [0.15, 0.2) is 0 Å². The van der Waals surface area contributed by atoms with Crippen molar-refractivity contribution in [2.75, 3.05) is 0 Å². The van der Waals surface area contributed by atoms with Gasteiger partial charge in [0.25, 0.3) is 0 Å². The first-order valence-corrected chi connectivity index (χ1v) is 10.8. The van der Waals surface area contributed by atoms with Crippen molar-refractivity contribution in [3.05, 3.63) is 64.8 Å². The van der Waals surface area contributed by atoms with Crippen LogP contribution >= 0.6 is 35.3 Å². The number of rotatable bonds is 6. The first kappa shape index (κ1) is 19.3. The third kappa shape index (κ3) is 4.62. The van der Waals surface area contributed by atoms with Gasteiger partial charge in [-0.15, -0.1) is 11.8 Å². The van der Waals surface area contributed by atoms with Crippen molar-refractivity contribution >= 4 is 46.2 Å². The SMILES string of the molecule is O=P(O)(Oc1ccc(CSc2cnc3ccccc3c2)cc1Br)C(F)F. The molecule has 3 rings (SSSR count). The summed E-state index contributed by atoms with van der Waals surface area (Å²) < 4.78 is 41.1. The van der Waals surface area contributed by atoms with E-state index < -0.39 is 13.8 Å². The van der Waals surface area contributed by atoms with Gasteiger partial charge < -0.3 is 9.42 Å². The van der Waals surface area contributed by atoms with E-state index in [1.54, 1.807) is 30.1 Å². The number of pyridine rings is 1. The maximum Gasteiger partial charge on any atom is 0.442 e. The molecule has 0 saturated carbocycles. The van der Waals surface area contributed by atoms with Crippen molar-refractivity contribution in [1.82, 2.24) is 4.98 Å². The zero-order chi connectivity index (χ0) is 18.7. The van der Waals surface area contributed by atoms with Gasteiger partial charge in [-0.2, -0.15) is 8.78 Å². The summed E-state index contributed by atoms with van der Waals surface area (Å²) in [7, 11) is -4.99. The second-order valence-electron chi connectivity index (χ2n) is 5.35. The maximum absolute atomic E-state index is 12.5. The van der Waals surface area contributed by atoms with Gasteiger partial charge in [-0.3, -0.25) is 4.98 Å². The predicted molar refractivity (Wildman–Crippen MR) is 102 cm³/mol. The zero-order valence-corrected chi connectivity index (χ0v) is 16.5. The average Bonchev–Trinajstić information content (AvgIpc) is 2.61. The van der Waals surface area contributed by atoms with Gasteiger partial charge in [0.05, 0.1) is 9.99 Å². The number of halogens is 3. The van der Waals surface area contributed by atoms with Crippen LogP contribution in [0.4, 0.5) is 8.78 Å². The van der Waals surface area contributed by atoms with E-state index in [2.05, 4.69) is 25.4 Å². The molecule has 0 bridgehead atoms. The van der Waals surface area contributed by atoms with Gasteiger partial charge in [-0.25, -0.2) is 4.57 Å². The highest BCUT2D eigenvalue weighted by Crippen LogP contribution is 2.50. The lowest BCUT2D eigenvalue weighted by molar-refractivity contribution is 0.188. The van der Waals surface area contributed by atoms with Crippen LogP contribution in [-0.4, -0.2) is 16.0 Å². The third-order valence-electron chi connectivity index (χ3n) is 3.44. The lowest BCUT2D eigenvalue weighted by atomic mass is 10.2. The van der Waals surface area contributed by atoms with Crippen molar-refractivity contribution in [1.29, 1.82) is 0 Å². The Morgan fingerprint density at radius 1 is 1.23 bits per heavy atom. The first-order valence-electron chi connectivity index (χ1n) is 7.41. The van der Waals surface area contributed by atoms with Crippen LogP contribution in [0.25, 0.3) is 10.9 Å². The molecule has 0 saturated heterocycles. The lowest BCUT2D eigenvalue weighted by Crippen LogP contribution is -2.01. The first-order chi connectivity index (χ1) is 12.3. The molecular formula is C17H13BrF2NO3PS. The number of para-hydroxylation sites is 1. The smallest absolute Gasteiger partial charge is 0.420 e. The van der Waals surface area contributed by atoms with Gasteiger partial charge in [-0.1, -0.05) is 24.3 Å². The third-order valence-corrected chi connectivity index (χ3v) is 6.05. The Bertz CT molecular complexity index is 989. The predicted octanol–water partition coefficient (Wildman–Crippen LogP) is 6.08. The fourth-order valence-corrected chi connectivity index (χ4v) is 4.19. The molecule has 1 unspecified atom stereocenters. The number of hydrogen-bond acceptors (Lipinski definition) is 4. The summed E-state index contributed by atoms with van der Waals surface area (Å²) >= 11 is 4.76. The van der Waals surface area contributed by atoms with Gasteiger partial charge in [-0.05, 0) is 45.8 Å². The van der Waals surface area contributed by atoms with Crippen molar-refractivity contribution in [3.63, 3.8) is 0 Å². The minimum Gasteiger partial charge on any atom is -0.420 e. The summed E-state index contributed by atoms with van der Waals surface area (Å²) in [6, 6.07) is 14.6. The molecule has 0 aliphatic carbocycles. The molecule has 2 aromatic carbocycles. The molecule has 26 heavy (non-hydrogen) atoms. The summed E-state index contributed by atoms with van der Waals surface area (Å²) in [6.45, 7) is 0. The van der Waals surface area contributed by atoms with E-state index in [1.807, 2.05) is 30.3 Å². The van der Waals surface area contributed by atoms with Crippen LogP contribution < -0.4 is 4.52 Å². The van der Waals surface area contributed by atoms with Crippen molar-refractivity contribution in [2.24, 2.45) is 0 Å². The minimum atomic E-state index is -4.99. The molecule has 0 aliphatic heterocycles. The summed E-state index contributed by atoms with van der Waals surface area (Å²) in [5.41, 5.74) is 1.82. The van der Waals surface area contributed by atoms with E-state index in [0.29, 0.717) is 10.2 Å². The van der Waals surface area contributed by atoms with Crippen molar-refractivity contribution in [3.8, 4) is 5.75 Å². The van der Waals surface area contributed by atoms with E-state index in [1.165, 1.54) is 6.07 Å². The second-order valence-corrected chi connectivity index (χ2v) is 8.95. The van der Waals surface area contributed by atoms with E-state index in [4.69, 9.17) is 4.89 Å². The van der Waals surface area contributed by atoms with Gasteiger partial charge in [0, 0.05) is 22.2 Å². The Labute approximate surface area is 161 Å². The topological polar surface area (TPSA) is 59.4 Å². The number of alkyl halides is 2. The molecule has 9 heteroatoms. The molecule has 0 aliphatic rings. The minimum absolute atomic E-state index is 0.0998. The number of fused-ring (bicyclic) bond motifs is 1. The molecular weight excluding hydrogens is 447 g/mol. The normalized spacial score (nSPS) is 13.7. The highest BCUT2D eigenvalue weighted by atomic mass is 79.9. The largest absolute Gasteiger partial charge is 0.442 e. The standard InChI is InChI=1S/C17H13BrF2NO3PS/c18-14-7-11(5-6-16(14)24-25(22,23)17(19)20)10-26-13-8-12-3-1-2-4-15(12)21-9-13/h1-9,17H,10H2,(H,22,23). The fraction of sp³-hybridized carbons (Fsp3) is 0.118.